The van der Waals surface area contributed by atoms with E-state index in [-0.39, 0.29) is 0 Å². The summed E-state index contributed by atoms with van der Waals surface area (Å²) in [5.74, 6) is 0. The highest BCUT2D eigenvalue weighted by molar-refractivity contribution is 5.77. The van der Waals surface area contributed by atoms with Gasteiger partial charge in [-0.3, -0.25) is 4.79 Å². The summed E-state index contributed by atoms with van der Waals surface area (Å²) in [5.41, 5.74) is 3.25. The molecule has 2 rings (SSSR count). The summed E-state index contributed by atoms with van der Waals surface area (Å²) < 4.78 is 5.20. The van der Waals surface area contributed by atoms with Gasteiger partial charge in [-0.15, -0.1) is 0 Å². The first-order valence-corrected chi connectivity index (χ1v) is 7.49. The molecule has 0 bridgehead atoms. The fourth-order valence-corrected chi connectivity index (χ4v) is 2.06. The molecular weight excluding hydrogens is 290 g/mol. The lowest BCUT2D eigenvalue weighted by Crippen LogP contribution is -2.32. The van der Waals surface area contributed by atoms with Crippen LogP contribution in [-0.2, 0) is 11.3 Å². The summed E-state index contributed by atoms with van der Waals surface area (Å²) in [7, 11) is 0. The fourth-order valence-electron chi connectivity index (χ4n) is 2.06. The average molecular weight is 311 g/mol. The van der Waals surface area contributed by atoms with Crippen molar-refractivity contribution in [1.29, 1.82) is 0 Å². The van der Waals surface area contributed by atoms with Crippen molar-refractivity contribution in [3.05, 3.63) is 59.7 Å². The number of carbonyl (C=O) groups is 2. The Labute approximate surface area is 136 Å². The number of aldehydes is 1. The molecule has 1 N–H and O–H groups in total. The van der Waals surface area contributed by atoms with E-state index in [2.05, 4.69) is 5.32 Å². The molecule has 0 saturated heterocycles. The number of nitrogens with one attached hydrogen (secondary N) is 1. The Kier molecular flexibility index (Phi) is 5.16. The third-order valence-corrected chi connectivity index (χ3v) is 3.17. The van der Waals surface area contributed by atoms with Crippen LogP contribution in [0.1, 0.15) is 36.7 Å². The molecule has 0 saturated carbocycles. The Morgan fingerprint density at radius 3 is 2.00 bits per heavy atom. The van der Waals surface area contributed by atoms with E-state index in [1.807, 2.05) is 57.2 Å². The normalized spacial score (nSPS) is 10.9. The Morgan fingerprint density at radius 2 is 1.52 bits per heavy atom. The Morgan fingerprint density at radius 1 is 1.00 bits per heavy atom. The van der Waals surface area contributed by atoms with Crippen molar-refractivity contribution < 1.29 is 14.3 Å². The van der Waals surface area contributed by atoms with E-state index < -0.39 is 11.7 Å². The summed E-state index contributed by atoms with van der Waals surface area (Å²) in [4.78, 5) is 22.3. The molecule has 120 valence electrons. The van der Waals surface area contributed by atoms with Gasteiger partial charge in [-0.05, 0) is 37.5 Å². The third kappa shape index (κ3) is 5.25. The highest BCUT2D eigenvalue weighted by Gasteiger charge is 2.15. The molecule has 0 fully saturated rings. The van der Waals surface area contributed by atoms with Crippen molar-refractivity contribution >= 4 is 12.4 Å². The first-order valence-electron chi connectivity index (χ1n) is 7.49. The van der Waals surface area contributed by atoms with Crippen molar-refractivity contribution in [2.75, 3.05) is 0 Å². The molecule has 0 radical (unpaired) electrons. The predicted octanol–water partition coefficient (Wildman–Crippen LogP) is 4.19. The van der Waals surface area contributed by atoms with Crippen LogP contribution in [-0.4, -0.2) is 18.0 Å². The standard InChI is InChI=1S/C19H21NO3/c1-19(2,3)23-18(22)20-12-14-4-8-16(9-5-14)17-10-6-15(13-21)7-11-17/h4-11,13H,12H2,1-3H3,(H,20,22). The summed E-state index contributed by atoms with van der Waals surface area (Å²) in [6, 6.07) is 15.3. The highest BCUT2D eigenvalue weighted by atomic mass is 16.6. The molecule has 23 heavy (non-hydrogen) atoms. The lowest BCUT2D eigenvalue weighted by Gasteiger charge is -2.19. The monoisotopic (exact) mass is 311 g/mol. The second kappa shape index (κ2) is 7.09. The summed E-state index contributed by atoms with van der Waals surface area (Å²) in [5, 5.41) is 2.73. The average Bonchev–Trinajstić information content (AvgIpc) is 2.52. The van der Waals surface area contributed by atoms with Crippen LogP contribution in [0, 0.1) is 0 Å². The molecule has 2 aromatic rings. The number of ether oxygens (including phenoxy) is 1. The van der Waals surface area contributed by atoms with Crippen LogP contribution in [0.25, 0.3) is 11.1 Å². The largest absolute Gasteiger partial charge is 0.444 e. The van der Waals surface area contributed by atoms with E-state index in [4.69, 9.17) is 4.74 Å². The van der Waals surface area contributed by atoms with Gasteiger partial charge in [-0.1, -0.05) is 48.5 Å². The number of hydrogen-bond acceptors (Lipinski definition) is 3. The summed E-state index contributed by atoms with van der Waals surface area (Å²) in [6.07, 6.45) is 0.404. The number of alkyl carbamates (subject to hydrolysis) is 1. The zero-order valence-electron chi connectivity index (χ0n) is 13.6. The predicted molar refractivity (Wildman–Crippen MR) is 90.3 cm³/mol. The molecule has 0 unspecified atom stereocenters. The quantitative estimate of drug-likeness (QED) is 0.861. The molecule has 0 aliphatic carbocycles. The minimum atomic E-state index is -0.498. The van der Waals surface area contributed by atoms with E-state index >= 15 is 0 Å². The first kappa shape index (κ1) is 16.7. The van der Waals surface area contributed by atoms with Gasteiger partial charge in [-0.25, -0.2) is 4.79 Å². The Balaban J connectivity index is 1.96. The first-order chi connectivity index (χ1) is 10.9. The second-order valence-electron chi connectivity index (χ2n) is 6.29. The van der Waals surface area contributed by atoms with E-state index in [0.29, 0.717) is 12.1 Å². The number of rotatable bonds is 4. The van der Waals surface area contributed by atoms with Gasteiger partial charge < -0.3 is 10.1 Å². The molecule has 0 atom stereocenters. The molecule has 2 aromatic carbocycles. The minimum absolute atomic E-state index is 0.416. The van der Waals surface area contributed by atoms with Crippen LogP contribution in [0.15, 0.2) is 48.5 Å². The van der Waals surface area contributed by atoms with Crippen LogP contribution in [0.3, 0.4) is 0 Å². The lowest BCUT2D eigenvalue weighted by molar-refractivity contribution is 0.0523. The fraction of sp³-hybridized carbons (Fsp3) is 0.263. The van der Waals surface area contributed by atoms with Crippen molar-refractivity contribution in [2.24, 2.45) is 0 Å². The van der Waals surface area contributed by atoms with Gasteiger partial charge in [0.1, 0.15) is 11.9 Å². The van der Waals surface area contributed by atoms with E-state index in [0.717, 1.165) is 23.0 Å². The van der Waals surface area contributed by atoms with Crippen LogP contribution in [0.4, 0.5) is 4.79 Å². The van der Waals surface area contributed by atoms with Crippen molar-refractivity contribution in [2.45, 2.75) is 32.9 Å². The van der Waals surface area contributed by atoms with Crippen molar-refractivity contribution in [3.63, 3.8) is 0 Å². The molecular formula is C19H21NO3. The van der Waals surface area contributed by atoms with Crippen molar-refractivity contribution in [1.82, 2.24) is 5.32 Å². The van der Waals surface area contributed by atoms with Gasteiger partial charge in [0.15, 0.2) is 0 Å². The van der Waals surface area contributed by atoms with E-state index in [1.165, 1.54) is 0 Å². The number of benzene rings is 2. The molecule has 4 heteroatoms. The molecule has 0 aromatic heterocycles. The summed E-state index contributed by atoms with van der Waals surface area (Å²) in [6.45, 7) is 5.91. The maximum absolute atomic E-state index is 11.6. The molecule has 0 heterocycles. The zero-order chi connectivity index (χ0) is 16.9. The van der Waals surface area contributed by atoms with E-state index in [9.17, 15) is 9.59 Å². The smallest absolute Gasteiger partial charge is 0.407 e. The lowest BCUT2D eigenvalue weighted by atomic mass is 10.0. The molecule has 4 nitrogen and oxygen atoms in total. The maximum Gasteiger partial charge on any atom is 0.407 e. The molecule has 0 spiro atoms. The molecule has 0 aliphatic heterocycles. The summed E-state index contributed by atoms with van der Waals surface area (Å²) >= 11 is 0. The van der Waals surface area contributed by atoms with E-state index in [1.54, 1.807) is 12.1 Å². The highest BCUT2D eigenvalue weighted by Crippen LogP contribution is 2.20. The van der Waals surface area contributed by atoms with Crippen LogP contribution >= 0.6 is 0 Å². The Hall–Kier alpha value is -2.62. The topological polar surface area (TPSA) is 55.4 Å². The van der Waals surface area contributed by atoms with Crippen LogP contribution < -0.4 is 5.32 Å². The van der Waals surface area contributed by atoms with Gasteiger partial charge in [0.05, 0.1) is 0 Å². The van der Waals surface area contributed by atoms with Gasteiger partial charge in [0, 0.05) is 12.1 Å². The van der Waals surface area contributed by atoms with Crippen molar-refractivity contribution in [3.8, 4) is 11.1 Å². The van der Waals surface area contributed by atoms with Gasteiger partial charge in [-0.2, -0.15) is 0 Å². The third-order valence-electron chi connectivity index (χ3n) is 3.17. The van der Waals surface area contributed by atoms with Gasteiger partial charge in [0.2, 0.25) is 0 Å². The number of amides is 1. The van der Waals surface area contributed by atoms with Crippen LogP contribution in [0.2, 0.25) is 0 Å². The number of hydrogen-bond donors (Lipinski definition) is 1. The second-order valence-corrected chi connectivity index (χ2v) is 6.29. The zero-order valence-corrected chi connectivity index (χ0v) is 13.6. The van der Waals surface area contributed by atoms with Crippen LogP contribution in [0.5, 0.6) is 0 Å². The SMILES string of the molecule is CC(C)(C)OC(=O)NCc1ccc(-c2ccc(C=O)cc2)cc1. The van der Waals surface area contributed by atoms with Gasteiger partial charge in [0.25, 0.3) is 0 Å². The van der Waals surface area contributed by atoms with Gasteiger partial charge >= 0.3 is 6.09 Å². The minimum Gasteiger partial charge on any atom is -0.444 e. The molecule has 1 amide bonds. The Bertz CT molecular complexity index is 667. The molecule has 0 aliphatic rings. The number of carbonyl (C=O) groups excluding carboxylic acids is 2. The maximum atomic E-state index is 11.6.